The molecule has 7 rings (SSSR count). The molecule has 0 radical (unpaired) electrons. The van der Waals surface area contributed by atoms with Gasteiger partial charge in [0.25, 0.3) is 0 Å². The number of aromatic nitrogens is 3. The zero-order chi connectivity index (χ0) is 32.8. The van der Waals surface area contributed by atoms with Gasteiger partial charge in [-0.3, -0.25) is 0 Å². The average molecular weight is 631 g/mol. The molecule has 1 fully saturated rings. The van der Waals surface area contributed by atoms with Crippen molar-refractivity contribution < 1.29 is 28.5 Å². The lowest BCUT2D eigenvalue weighted by molar-refractivity contribution is -0.160. The van der Waals surface area contributed by atoms with Crippen LogP contribution in [0.3, 0.4) is 0 Å². The summed E-state index contributed by atoms with van der Waals surface area (Å²) in [4.78, 5) is 19.8. The second-order valence-corrected chi connectivity index (χ2v) is 13.8. The zero-order valence-corrected chi connectivity index (χ0v) is 27.5. The molecule has 0 spiro atoms. The third-order valence-corrected chi connectivity index (χ3v) is 8.83. The molecular formula is C36H43FN4O5. The smallest absolute Gasteiger partial charge is 0.337 e. The van der Waals surface area contributed by atoms with Crippen molar-refractivity contribution in [2.45, 2.75) is 90.6 Å². The summed E-state index contributed by atoms with van der Waals surface area (Å²) in [6, 6.07) is 14.3. The van der Waals surface area contributed by atoms with Crippen molar-refractivity contribution in [3.8, 4) is 28.1 Å². The number of halogens is 1. The molecule has 3 aliphatic heterocycles. The first-order chi connectivity index (χ1) is 21.8. The van der Waals surface area contributed by atoms with E-state index >= 15 is 0 Å². The van der Waals surface area contributed by atoms with Crippen molar-refractivity contribution in [2.24, 2.45) is 0 Å². The number of hydrogen-bond acceptors (Lipinski definition) is 7. The van der Waals surface area contributed by atoms with Crippen molar-refractivity contribution >= 4 is 17.4 Å². The number of benzene rings is 2. The minimum absolute atomic E-state index is 0.0893. The van der Waals surface area contributed by atoms with Crippen LogP contribution in [-0.2, 0) is 14.3 Å². The highest BCUT2D eigenvalue weighted by molar-refractivity contribution is 5.80. The molecule has 3 aliphatic rings. The van der Waals surface area contributed by atoms with Crippen molar-refractivity contribution in [3.05, 3.63) is 65.6 Å². The molecular weight excluding hydrogens is 587 g/mol. The van der Waals surface area contributed by atoms with E-state index in [0.29, 0.717) is 59.4 Å². The standard InChI is InChI=1S/C36H43FN4O5/c1-22-9-8-18-44-36(6)14-16-40(17-15-36)33-31(32(34(42)43)46-35(3,4)5)23(2)38-30-21-28(39-41(30)33)25-11-7-10-24(19-25)27-20-26(37)12-13-29(27)45-22/h7,10-13,19-22,32H,8-9,14-18H2,1-6H3,(H,42,43)/t22-,32-/m0/s1. The predicted octanol–water partition coefficient (Wildman–Crippen LogP) is 7.39. The zero-order valence-electron chi connectivity index (χ0n) is 27.5. The van der Waals surface area contributed by atoms with Crippen molar-refractivity contribution in [2.75, 3.05) is 24.6 Å². The molecule has 10 heteroatoms. The highest BCUT2D eigenvalue weighted by Gasteiger charge is 2.38. The second kappa shape index (κ2) is 12.3. The highest BCUT2D eigenvalue weighted by Crippen LogP contribution is 2.39. The first-order valence-corrected chi connectivity index (χ1v) is 16.1. The quantitative estimate of drug-likeness (QED) is 0.250. The van der Waals surface area contributed by atoms with E-state index in [1.165, 1.54) is 12.1 Å². The molecule has 0 unspecified atom stereocenters. The van der Waals surface area contributed by atoms with Crippen LogP contribution in [0.15, 0.2) is 48.5 Å². The Balaban J connectivity index is 1.55. The van der Waals surface area contributed by atoms with E-state index in [4.69, 9.17) is 24.3 Å². The Morgan fingerprint density at radius 3 is 2.59 bits per heavy atom. The van der Waals surface area contributed by atoms with Crippen molar-refractivity contribution in [1.29, 1.82) is 0 Å². The van der Waals surface area contributed by atoms with Gasteiger partial charge < -0.3 is 24.2 Å². The number of piperidine rings is 1. The predicted molar refractivity (Wildman–Crippen MR) is 175 cm³/mol. The highest BCUT2D eigenvalue weighted by atomic mass is 19.1. The number of carboxylic acid groups (broad SMARTS) is 1. The van der Waals surface area contributed by atoms with Gasteiger partial charge in [-0.05, 0) is 97.1 Å². The summed E-state index contributed by atoms with van der Waals surface area (Å²) >= 11 is 0. The maximum absolute atomic E-state index is 14.6. The fourth-order valence-corrected chi connectivity index (χ4v) is 6.43. The van der Waals surface area contributed by atoms with Gasteiger partial charge in [0.05, 0.1) is 28.6 Å². The van der Waals surface area contributed by atoms with Gasteiger partial charge in [0.1, 0.15) is 17.4 Å². The number of fused-ring (bicyclic) bond motifs is 7. The Hall–Kier alpha value is -4.02. The molecule has 6 bridgehead atoms. The summed E-state index contributed by atoms with van der Waals surface area (Å²) in [7, 11) is 0. The summed E-state index contributed by atoms with van der Waals surface area (Å²) in [5.74, 6) is -0.157. The molecule has 9 nitrogen and oxygen atoms in total. The van der Waals surface area contributed by atoms with E-state index < -0.39 is 17.7 Å². The van der Waals surface area contributed by atoms with Gasteiger partial charge in [0.2, 0.25) is 0 Å². The van der Waals surface area contributed by atoms with Crippen LogP contribution in [0.25, 0.3) is 28.0 Å². The lowest BCUT2D eigenvalue weighted by Crippen LogP contribution is -2.46. The van der Waals surface area contributed by atoms with E-state index in [2.05, 4.69) is 11.8 Å². The summed E-state index contributed by atoms with van der Waals surface area (Å²) in [5.41, 5.74) is 3.54. The maximum Gasteiger partial charge on any atom is 0.337 e. The van der Waals surface area contributed by atoms with Gasteiger partial charge in [-0.1, -0.05) is 18.2 Å². The molecule has 2 atom stereocenters. The van der Waals surface area contributed by atoms with Crippen LogP contribution >= 0.6 is 0 Å². The Bertz CT molecular complexity index is 1760. The van der Waals surface area contributed by atoms with Gasteiger partial charge in [0, 0.05) is 42.6 Å². The fraction of sp³-hybridized carbons (Fsp3) is 0.472. The summed E-state index contributed by atoms with van der Waals surface area (Å²) in [5, 5.41) is 15.5. The number of aliphatic carboxylic acids is 1. The number of carboxylic acids is 1. The second-order valence-electron chi connectivity index (χ2n) is 13.8. The van der Waals surface area contributed by atoms with Crippen LogP contribution in [-0.4, -0.2) is 62.7 Å². The van der Waals surface area contributed by atoms with Gasteiger partial charge in [-0.15, -0.1) is 0 Å². The number of nitrogens with zero attached hydrogens (tertiary/aromatic N) is 4. The molecule has 0 amide bonds. The number of aryl methyl sites for hydroxylation is 1. The summed E-state index contributed by atoms with van der Waals surface area (Å²) in [6.45, 7) is 13.4. The first kappa shape index (κ1) is 31.9. The molecule has 0 aliphatic carbocycles. The molecule has 2 aromatic heterocycles. The summed E-state index contributed by atoms with van der Waals surface area (Å²) in [6.07, 6.45) is 1.79. The Labute approximate surface area is 269 Å². The summed E-state index contributed by atoms with van der Waals surface area (Å²) < 4.78 is 35.3. The first-order valence-electron chi connectivity index (χ1n) is 16.1. The van der Waals surface area contributed by atoms with Gasteiger partial charge in [-0.2, -0.15) is 9.61 Å². The number of anilines is 1. The van der Waals surface area contributed by atoms with Crippen LogP contribution < -0.4 is 9.64 Å². The Morgan fingerprint density at radius 1 is 1.13 bits per heavy atom. The Kier molecular flexibility index (Phi) is 8.54. The van der Waals surface area contributed by atoms with E-state index in [-0.39, 0.29) is 17.5 Å². The normalized spacial score (nSPS) is 21.3. The SMILES string of the molecule is Cc1nc2cc3nn2c(c1[C@H](OC(C)(C)C)C(=O)O)N1CCC(C)(CC1)OCCC[C@H](C)Oc1ccc(F)cc1-c1cccc-3c1. The van der Waals surface area contributed by atoms with Crippen molar-refractivity contribution in [1.82, 2.24) is 14.6 Å². The number of rotatable bonds is 3. The lowest BCUT2D eigenvalue weighted by atomic mass is 9.92. The van der Waals surface area contributed by atoms with E-state index in [0.717, 1.165) is 36.8 Å². The number of ether oxygens (including phenoxy) is 3. The largest absolute Gasteiger partial charge is 0.490 e. The molecule has 2 aromatic carbocycles. The van der Waals surface area contributed by atoms with E-state index in [1.54, 1.807) is 10.6 Å². The Morgan fingerprint density at radius 2 is 1.87 bits per heavy atom. The minimum Gasteiger partial charge on any atom is -0.490 e. The molecule has 0 saturated carbocycles. The van der Waals surface area contributed by atoms with E-state index in [1.807, 2.05) is 65.0 Å². The molecule has 5 heterocycles. The topological polar surface area (TPSA) is 98.4 Å². The van der Waals surface area contributed by atoms with Crippen molar-refractivity contribution in [3.63, 3.8) is 0 Å². The molecule has 244 valence electrons. The maximum atomic E-state index is 14.6. The third-order valence-electron chi connectivity index (χ3n) is 8.83. The minimum atomic E-state index is -1.25. The monoisotopic (exact) mass is 630 g/mol. The van der Waals surface area contributed by atoms with Crippen LogP contribution in [0, 0.1) is 12.7 Å². The van der Waals surface area contributed by atoms with Crippen LogP contribution in [0.4, 0.5) is 10.2 Å². The number of carbonyl (C=O) groups is 1. The molecule has 1 N–H and O–H groups in total. The fourth-order valence-electron chi connectivity index (χ4n) is 6.43. The van der Waals surface area contributed by atoms with Crippen LogP contribution in [0.5, 0.6) is 5.75 Å². The van der Waals surface area contributed by atoms with Gasteiger partial charge in [0.15, 0.2) is 11.8 Å². The molecule has 1 saturated heterocycles. The van der Waals surface area contributed by atoms with Crippen LogP contribution in [0.2, 0.25) is 0 Å². The van der Waals surface area contributed by atoms with Gasteiger partial charge in [-0.25, -0.2) is 14.2 Å². The molecule has 46 heavy (non-hydrogen) atoms. The lowest BCUT2D eigenvalue weighted by Gasteiger charge is -2.41. The third kappa shape index (κ3) is 6.59. The molecule has 4 aromatic rings. The van der Waals surface area contributed by atoms with Gasteiger partial charge >= 0.3 is 5.97 Å². The average Bonchev–Trinajstić information content (AvgIpc) is 3.42. The van der Waals surface area contributed by atoms with Crippen LogP contribution in [0.1, 0.15) is 77.7 Å². The number of hydrogen-bond donors (Lipinski definition) is 1. The van der Waals surface area contributed by atoms with E-state index in [9.17, 15) is 14.3 Å².